The normalized spacial score (nSPS) is 10.9. The highest BCUT2D eigenvalue weighted by atomic mass is 16.4. The number of aliphatic carboxylic acids is 1. The molecule has 0 aromatic heterocycles. The van der Waals surface area contributed by atoms with Gasteiger partial charge in [-0.3, -0.25) is 4.79 Å². The zero-order valence-electron chi connectivity index (χ0n) is 10.2. The molecular formula is C12H25NO2. The third kappa shape index (κ3) is 11.4. The quantitative estimate of drug-likeness (QED) is 0.570. The van der Waals surface area contributed by atoms with Gasteiger partial charge >= 0.3 is 5.97 Å². The van der Waals surface area contributed by atoms with E-state index in [0.29, 0.717) is 6.54 Å². The number of carboxylic acids is 1. The smallest absolute Gasteiger partial charge is 0.304 e. The molecule has 0 aliphatic carbocycles. The Labute approximate surface area is 93.5 Å². The van der Waals surface area contributed by atoms with Crippen LogP contribution in [0.2, 0.25) is 0 Å². The SMILES string of the molecule is CCCCCCCCN(C)CCC(=O)O. The molecule has 3 nitrogen and oxygen atoms in total. The maximum Gasteiger partial charge on any atom is 0.304 e. The molecule has 0 heterocycles. The number of carboxylic acid groups (broad SMARTS) is 1. The Morgan fingerprint density at radius 1 is 1.07 bits per heavy atom. The molecule has 0 spiro atoms. The second-order valence-electron chi connectivity index (χ2n) is 4.21. The van der Waals surface area contributed by atoms with Crippen LogP contribution in [0, 0.1) is 0 Å². The topological polar surface area (TPSA) is 40.5 Å². The van der Waals surface area contributed by atoms with E-state index < -0.39 is 5.97 Å². The molecule has 0 aromatic rings. The highest BCUT2D eigenvalue weighted by molar-refractivity contribution is 5.66. The lowest BCUT2D eigenvalue weighted by Gasteiger charge is -2.14. The molecule has 0 saturated carbocycles. The summed E-state index contributed by atoms with van der Waals surface area (Å²) < 4.78 is 0. The third-order valence-electron chi connectivity index (χ3n) is 2.60. The standard InChI is InChI=1S/C12H25NO2/c1-3-4-5-6-7-8-10-13(2)11-9-12(14)15/h3-11H2,1-2H3,(H,14,15). The average molecular weight is 215 g/mol. The predicted molar refractivity (Wildman–Crippen MR) is 63.1 cm³/mol. The van der Waals surface area contributed by atoms with E-state index >= 15 is 0 Å². The number of carbonyl (C=O) groups is 1. The molecule has 0 amide bonds. The maximum atomic E-state index is 10.3. The number of rotatable bonds is 10. The fraction of sp³-hybridized carbons (Fsp3) is 0.917. The molecule has 0 saturated heterocycles. The van der Waals surface area contributed by atoms with Gasteiger partial charge in [0.05, 0.1) is 6.42 Å². The van der Waals surface area contributed by atoms with Crippen LogP contribution >= 0.6 is 0 Å². The van der Waals surface area contributed by atoms with Crippen molar-refractivity contribution >= 4 is 5.97 Å². The van der Waals surface area contributed by atoms with E-state index in [9.17, 15) is 4.79 Å². The van der Waals surface area contributed by atoms with Crippen molar-refractivity contribution in [1.82, 2.24) is 4.90 Å². The van der Waals surface area contributed by atoms with Crippen molar-refractivity contribution in [3.05, 3.63) is 0 Å². The van der Waals surface area contributed by atoms with E-state index in [1.54, 1.807) is 0 Å². The van der Waals surface area contributed by atoms with E-state index in [2.05, 4.69) is 11.8 Å². The zero-order valence-corrected chi connectivity index (χ0v) is 10.2. The van der Waals surface area contributed by atoms with Gasteiger partial charge in [-0.15, -0.1) is 0 Å². The minimum atomic E-state index is -0.704. The van der Waals surface area contributed by atoms with Crippen molar-refractivity contribution in [2.75, 3.05) is 20.1 Å². The van der Waals surface area contributed by atoms with Gasteiger partial charge in [-0.25, -0.2) is 0 Å². The number of unbranched alkanes of at least 4 members (excludes halogenated alkanes) is 5. The first kappa shape index (κ1) is 14.4. The van der Waals surface area contributed by atoms with Crippen molar-refractivity contribution in [2.24, 2.45) is 0 Å². The first-order chi connectivity index (χ1) is 7.16. The summed E-state index contributed by atoms with van der Waals surface area (Å²) in [6.45, 7) is 3.92. The predicted octanol–water partition coefficient (Wildman–Crippen LogP) is 2.75. The van der Waals surface area contributed by atoms with Gasteiger partial charge in [-0.05, 0) is 20.0 Å². The molecule has 0 aliphatic rings. The third-order valence-corrected chi connectivity index (χ3v) is 2.60. The first-order valence-electron chi connectivity index (χ1n) is 6.07. The van der Waals surface area contributed by atoms with Crippen LogP contribution in [0.1, 0.15) is 51.9 Å². The maximum absolute atomic E-state index is 10.3. The number of nitrogens with zero attached hydrogens (tertiary/aromatic N) is 1. The Hall–Kier alpha value is -0.570. The largest absolute Gasteiger partial charge is 0.481 e. The summed E-state index contributed by atoms with van der Waals surface area (Å²) in [5, 5.41) is 8.50. The molecular weight excluding hydrogens is 190 g/mol. The molecule has 15 heavy (non-hydrogen) atoms. The fourth-order valence-corrected chi connectivity index (χ4v) is 1.56. The van der Waals surface area contributed by atoms with Crippen LogP contribution in [-0.4, -0.2) is 36.1 Å². The van der Waals surface area contributed by atoms with Crippen LogP contribution in [0.25, 0.3) is 0 Å². The molecule has 0 bridgehead atoms. The summed E-state index contributed by atoms with van der Waals surface area (Å²) in [7, 11) is 2.00. The van der Waals surface area contributed by atoms with E-state index in [0.717, 1.165) is 6.54 Å². The highest BCUT2D eigenvalue weighted by Crippen LogP contribution is 2.05. The summed E-state index contributed by atoms with van der Waals surface area (Å²) in [6, 6.07) is 0. The Kier molecular flexibility index (Phi) is 9.59. The summed E-state index contributed by atoms with van der Waals surface area (Å²) in [5.41, 5.74) is 0. The second-order valence-corrected chi connectivity index (χ2v) is 4.21. The van der Waals surface area contributed by atoms with Gasteiger partial charge in [0.1, 0.15) is 0 Å². The molecule has 0 rings (SSSR count). The molecule has 0 aromatic carbocycles. The molecule has 3 heteroatoms. The minimum absolute atomic E-state index is 0.256. The van der Waals surface area contributed by atoms with Gasteiger partial charge in [0.15, 0.2) is 0 Å². The average Bonchev–Trinajstić information content (AvgIpc) is 2.20. The Balaban J connectivity index is 3.16. The Morgan fingerprint density at radius 2 is 1.67 bits per heavy atom. The van der Waals surface area contributed by atoms with Crippen LogP contribution in [0.5, 0.6) is 0 Å². The second kappa shape index (κ2) is 9.97. The molecule has 90 valence electrons. The van der Waals surface area contributed by atoms with Crippen molar-refractivity contribution in [3.63, 3.8) is 0 Å². The lowest BCUT2D eigenvalue weighted by Crippen LogP contribution is -2.22. The van der Waals surface area contributed by atoms with Crippen LogP contribution in [-0.2, 0) is 4.79 Å². The summed E-state index contributed by atoms with van der Waals surface area (Å²) in [5.74, 6) is -0.704. The first-order valence-corrected chi connectivity index (χ1v) is 6.07. The lowest BCUT2D eigenvalue weighted by atomic mass is 10.1. The molecule has 0 atom stereocenters. The monoisotopic (exact) mass is 215 g/mol. The minimum Gasteiger partial charge on any atom is -0.481 e. The summed E-state index contributed by atoms with van der Waals surface area (Å²) in [4.78, 5) is 12.4. The molecule has 0 aliphatic heterocycles. The van der Waals surface area contributed by atoms with Crippen LogP contribution in [0.4, 0.5) is 0 Å². The van der Waals surface area contributed by atoms with E-state index in [-0.39, 0.29) is 6.42 Å². The fourth-order valence-electron chi connectivity index (χ4n) is 1.56. The summed E-state index contributed by atoms with van der Waals surface area (Å²) >= 11 is 0. The van der Waals surface area contributed by atoms with Gasteiger partial charge in [0, 0.05) is 6.54 Å². The number of hydrogen-bond donors (Lipinski definition) is 1. The van der Waals surface area contributed by atoms with Crippen LogP contribution < -0.4 is 0 Å². The lowest BCUT2D eigenvalue weighted by molar-refractivity contribution is -0.137. The molecule has 0 fully saturated rings. The van der Waals surface area contributed by atoms with Crippen LogP contribution in [0.15, 0.2) is 0 Å². The van der Waals surface area contributed by atoms with Crippen molar-refractivity contribution in [3.8, 4) is 0 Å². The van der Waals surface area contributed by atoms with Gasteiger partial charge in [-0.2, -0.15) is 0 Å². The van der Waals surface area contributed by atoms with Crippen molar-refractivity contribution in [2.45, 2.75) is 51.9 Å². The van der Waals surface area contributed by atoms with E-state index in [1.165, 1.54) is 38.5 Å². The summed E-state index contributed by atoms with van der Waals surface area (Å²) in [6.07, 6.45) is 8.02. The van der Waals surface area contributed by atoms with Gasteiger partial charge in [-0.1, -0.05) is 39.0 Å². The number of hydrogen-bond acceptors (Lipinski definition) is 2. The van der Waals surface area contributed by atoms with Crippen LogP contribution in [0.3, 0.4) is 0 Å². The van der Waals surface area contributed by atoms with E-state index in [1.807, 2.05) is 7.05 Å². The zero-order chi connectivity index (χ0) is 11.5. The van der Waals surface area contributed by atoms with Gasteiger partial charge in [0.25, 0.3) is 0 Å². The Bertz CT molecular complexity index is 160. The Morgan fingerprint density at radius 3 is 2.27 bits per heavy atom. The molecule has 1 N–H and O–H groups in total. The van der Waals surface area contributed by atoms with E-state index in [4.69, 9.17) is 5.11 Å². The van der Waals surface area contributed by atoms with Gasteiger partial charge in [0.2, 0.25) is 0 Å². The van der Waals surface area contributed by atoms with Crippen molar-refractivity contribution < 1.29 is 9.90 Å². The highest BCUT2D eigenvalue weighted by Gasteiger charge is 2.01. The molecule has 0 radical (unpaired) electrons. The van der Waals surface area contributed by atoms with Crippen molar-refractivity contribution in [1.29, 1.82) is 0 Å². The van der Waals surface area contributed by atoms with Gasteiger partial charge < -0.3 is 10.0 Å². The molecule has 0 unspecified atom stereocenters.